The Morgan fingerprint density at radius 3 is 2.60 bits per heavy atom. The lowest BCUT2D eigenvalue weighted by Gasteiger charge is -1.96. The number of nitriles is 1. The summed E-state index contributed by atoms with van der Waals surface area (Å²) in [5.41, 5.74) is 1.12. The third-order valence-electron chi connectivity index (χ3n) is 1.80. The zero-order valence-corrected chi connectivity index (χ0v) is 8.31. The zero-order valence-electron chi connectivity index (χ0n) is 8.31. The van der Waals surface area contributed by atoms with E-state index in [2.05, 4.69) is 10.6 Å². The van der Waals surface area contributed by atoms with Crippen molar-refractivity contribution in [3.63, 3.8) is 0 Å². The second-order valence-electron chi connectivity index (χ2n) is 3.07. The normalized spacial score (nSPS) is 16.6. The SMILES string of the molecule is N#CC1CN1.O=CNCc1ccccc1. The van der Waals surface area contributed by atoms with Gasteiger partial charge in [0.05, 0.1) is 6.07 Å². The third-order valence-corrected chi connectivity index (χ3v) is 1.80. The van der Waals surface area contributed by atoms with Crippen LogP contribution in [0.5, 0.6) is 0 Å². The smallest absolute Gasteiger partial charge is 0.207 e. The van der Waals surface area contributed by atoms with Gasteiger partial charge < -0.3 is 5.32 Å². The van der Waals surface area contributed by atoms with Crippen LogP contribution in [0.15, 0.2) is 30.3 Å². The van der Waals surface area contributed by atoms with Crippen molar-refractivity contribution < 1.29 is 4.79 Å². The fraction of sp³-hybridized carbons (Fsp3) is 0.273. The second kappa shape index (κ2) is 6.57. The van der Waals surface area contributed by atoms with Gasteiger partial charge in [0.25, 0.3) is 0 Å². The Morgan fingerprint density at radius 2 is 2.20 bits per heavy atom. The van der Waals surface area contributed by atoms with E-state index >= 15 is 0 Å². The number of hydrogen-bond acceptors (Lipinski definition) is 3. The van der Waals surface area contributed by atoms with E-state index in [0.717, 1.165) is 12.1 Å². The summed E-state index contributed by atoms with van der Waals surface area (Å²) < 4.78 is 0. The summed E-state index contributed by atoms with van der Waals surface area (Å²) in [6.07, 6.45) is 0.701. The summed E-state index contributed by atoms with van der Waals surface area (Å²) in [5, 5.41) is 13.3. The molecule has 4 nitrogen and oxygen atoms in total. The summed E-state index contributed by atoms with van der Waals surface area (Å²) in [6.45, 7) is 1.51. The van der Waals surface area contributed by atoms with E-state index in [0.29, 0.717) is 13.0 Å². The van der Waals surface area contributed by atoms with E-state index in [4.69, 9.17) is 5.26 Å². The van der Waals surface area contributed by atoms with Crippen molar-refractivity contribution in [2.75, 3.05) is 6.54 Å². The van der Waals surface area contributed by atoms with Crippen LogP contribution in [0.25, 0.3) is 0 Å². The van der Waals surface area contributed by atoms with Gasteiger partial charge in [-0.15, -0.1) is 0 Å². The van der Waals surface area contributed by atoms with Crippen molar-refractivity contribution in [3.8, 4) is 6.07 Å². The molecular weight excluding hydrogens is 190 g/mol. The van der Waals surface area contributed by atoms with Gasteiger partial charge in [-0.05, 0) is 5.56 Å². The number of benzene rings is 1. The second-order valence-corrected chi connectivity index (χ2v) is 3.07. The maximum Gasteiger partial charge on any atom is 0.207 e. The summed E-state index contributed by atoms with van der Waals surface area (Å²) in [4.78, 5) is 9.87. The van der Waals surface area contributed by atoms with Gasteiger partial charge in [-0.25, -0.2) is 0 Å². The molecule has 1 saturated heterocycles. The highest BCUT2D eigenvalue weighted by Gasteiger charge is 2.17. The Balaban J connectivity index is 0.000000187. The molecule has 4 heteroatoms. The molecule has 0 bridgehead atoms. The quantitative estimate of drug-likeness (QED) is 0.552. The number of amides is 1. The van der Waals surface area contributed by atoms with Gasteiger partial charge in [-0.2, -0.15) is 5.26 Å². The molecule has 2 N–H and O–H groups in total. The van der Waals surface area contributed by atoms with E-state index < -0.39 is 0 Å². The van der Waals surface area contributed by atoms with Crippen LogP contribution < -0.4 is 10.6 Å². The van der Waals surface area contributed by atoms with Crippen LogP contribution in [-0.4, -0.2) is 19.0 Å². The lowest BCUT2D eigenvalue weighted by molar-refractivity contribution is -0.109. The lowest BCUT2D eigenvalue weighted by Crippen LogP contribution is -2.09. The van der Waals surface area contributed by atoms with Gasteiger partial charge in [0.2, 0.25) is 6.41 Å². The molecule has 0 spiro atoms. The molecule has 0 saturated carbocycles. The molecule has 2 rings (SSSR count). The average Bonchev–Trinajstić information content (AvgIpc) is 3.12. The molecule has 1 atom stereocenters. The van der Waals surface area contributed by atoms with Crippen LogP contribution in [-0.2, 0) is 11.3 Å². The maximum absolute atomic E-state index is 9.87. The van der Waals surface area contributed by atoms with Crippen LogP contribution in [0, 0.1) is 11.3 Å². The lowest BCUT2D eigenvalue weighted by atomic mass is 10.2. The standard InChI is InChI=1S/C8H9NO.C3H4N2/c10-7-9-6-8-4-2-1-3-5-8;4-1-3-2-5-3/h1-5,7H,6H2,(H,9,10);3,5H,2H2. The molecule has 1 aromatic carbocycles. The maximum atomic E-state index is 9.87. The first-order valence-corrected chi connectivity index (χ1v) is 4.70. The number of carbonyl (C=O) groups excluding carboxylic acids is 1. The number of nitrogens with zero attached hydrogens (tertiary/aromatic N) is 1. The molecule has 1 heterocycles. The van der Waals surface area contributed by atoms with Crippen molar-refractivity contribution in [1.82, 2.24) is 10.6 Å². The molecule has 1 aliphatic rings. The first-order chi connectivity index (χ1) is 7.36. The highest BCUT2D eigenvalue weighted by atomic mass is 16.1. The van der Waals surface area contributed by atoms with Gasteiger partial charge in [0.1, 0.15) is 6.04 Å². The van der Waals surface area contributed by atoms with Gasteiger partial charge in [0.15, 0.2) is 0 Å². The van der Waals surface area contributed by atoms with E-state index in [9.17, 15) is 4.79 Å². The van der Waals surface area contributed by atoms with Crippen molar-refractivity contribution in [2.24, 2.45) is 0 Å². The Hall–Kier alpha value is -1.86. The molecule has 1 unspecified atom stereocenters. The molecule has 0 aromatic heterocycles. The minimum atomic E-state index is 0.190. The van der Waals surface area contributed by atoms with Crippen molar-refractivity contribution in [1.29, 1.82) is 5.26 Å². The number of nitrogens with one attached hydrogen (secondary N) is 2. The Kier molecular flexibility index (Phi) is 4.91. The third kappa shape index (κ3) is 5.45. The predicted molar refractivity (Wildman–Crippen MR) is 56.7 cm³/mol. The molecule has 1 aromatic rings. The molecule has 1 amide bonds. The molecule has 0 radical (unpaired) electrons. The fourth-order valence-corrected chi connectivity index (χ4v) is 0.906. The Labute approximate surface area is 88.9 Å². The predicted octanol–water partition coefficient (Wildman–Crippen LogP) is 0.414. The molecule has 15 heavy (non-hydrogen) atoms. The van der Waals surface area contributed by atoms with Gasteiger partial charge in [-0.1, -0.05) is 30.3 Å². The summed E-state index contributed by atoms with van der Waals surface area (Å²) in [6, 6.07) is 12.0. The summed E-state index contributed by atoms with van der Waals surface area (Å²) >= 11 is 0. The van der Waals surface area contributed by atoms with Crippen LogP contribution in [0.4, 0.5) is 0 Å². The van der Waals surface area contributed by atoms with Crippen molar-refractivity contribution in [3.05, 3.63) is 35.9 Å². The molecule has 0 aliphatic carbocycles. The summed E-state index contributed by atoms with van der Waals surface area (Å²) in [5.74, 6) is 0. The van der Waals surface area contributed by atoms with Crippen LogP contribution >= 0.6 is 0 Å². The molecular formula is C11H13N3O. The topological polar surface area (TPSA) is 74.8 Å². The van der Waals surface area contributed by atoms with Crippen LogP contribution in [0.3, 0.4) is 0 Å². The van der Waals surface area contributed by atoms with Crippen molar-refractivity contribution >= 4 is 6.41 Å². The van der Waals surface area contributed by atoms with Gasteiger partial charge >= 0.3 is 0 Å². The van der Waals surface area contributed by atoms with E-state index in [1.807, 2.05) is 36.4 Å². The van der Waals surface area contributed by atoms with E-state index in [1.165, 1.54) is 0 Å². The van der Waals surface area contributed by atoms with Gasteiger partial charge in [0, 0.05) is 13.1 Å². The Bertz CT molecular complexity index is 327. The molecule has 1 aliphatic heterocycles. The monoisotopic (exact) mass is 203 g/mol. The fourth-order valence-electron chi connectivity index (χ4n) is 0.906. The highest BCUT2D eigenvalue weighted by molar-refractivity contribution is 5.46. The minimum absolute atomic E-state index is 0.190. The highest BCUT2D eigenvalue weighted by Crippen LogP contribution is 1.95. The molecule has 1 fully saturated rings. The summed E-state index contributed by atoms with van der Waals surface area (Å²) in [7, 11) is 0. The van der Waals surface area contributed by atoms with E-state index in [1.54, 1.807) is 0 Å². The zero-order chi connectivity index (χ0) is 10.9. The van der Waals surface area contributed by atoms with Crippen LogP contribution in [0.2, 0.25) is 0 Å². The number of carbonyl (C=O) groups is 1. The van der Waals surface area contributed by atoms with E-state index in [-0.39, 0.29) is 6.04 Å². The number of hydrogen-bond donors (Lipinski definition) is 2. The van der Waals surface area contributed by atoms with Crippen LogP contribution in [0.1, 0.15) is 5.56 Å². The average molecular weight is 203 g/mol. The first kappa shape index (κ1) is 11.2. The van der Waals surface area contributed by atoms with Gasteiger partial charge in [-0.3, -0.25) is 10.1 Å². The molecule has 78 valence electrons. The van der Waals surface area contributed by atoms with Crippen molar-refractivity contribution in [2.45, 2.75) is 12.6 Å². The Morgan fingerprint density at radius 1 is 1.53 bits per heavy atom. The largest absolute Gasteiger partial charge is 0.355 e. The minimum Gasteiger partial charge on any atom is -0.355 e. The first-order valence-electron chi connectivity index (χ1n) is 4.70. The number of rotatable bonds is 3.